The lowest BCUT2D eigenvalue weighted by Crippen LogP contribution is -2.14. The maximum Gasteiger partial charge on any atom is 0.248 e. The molecule has 21 heavy (non-hydrogen) atoms. The number of aromatic nitrogens is 1. The Hall–Kier alpha value is -2.56. The molecule has 2 rings (SSSR count). The van der Waals surface area contributed by atoms with Crippen LogP contribution in [0.1, 0.15) is 31.8 Å². The highest BCUT2D eigenvalue weighted by Crippen LogP contribution is 2.25. The minimum Gasteiger partial charge on any atom is -0.485 e. The van der Waals surface area contributed by atoms with Crippen LogP contribution < -0.4 is 10.5 Å². The smallest absolute Gasteiger partial charge is 0.248 e. The standard InChI is InChI=1S/C16H18N2O3/c1-10-6-13(16(17)20)7-11(2)15(10)21-9-14(19)12-4-5-18(3)8-12/h4-8H,9H2,1-3H3,(H2,17,20). The number of rotatable bonds is 5. The molecule has 0 aliphatic heterocycles. The zero-order valence-corrected chi connectivity index (χ0v) is 12.3. The van der Waals surface area contributed by atoms with Crippen molar-refractivity contribution >= 4 is 11.7 Å². The van der Waals surface area contributed by atoms with Crippen LogP contribution in [0, 0.1) is 13.8 Å². The zero-order valence-electron chi connectivity index (χ0n) is 12.3. The van der Waals surface area contributed by atoms with Crippen LogP contribution in [-0.2, 0) is 7.05 Å². The first-order chi connectivity index (χ1) is 9.88. The lowest BCUT2D eigenvalue weighted by molar-refractivity contribution is 0.0919. The Morgan fingerprint density at radius 3 is 2.29 bits per heavy atom. The summed E-state index contributed by atoms with van der Waals surface area (Å²) in [5.41, 5.74) is 7.88. The number of primary amides is 1. The molecule has 0 aliphatic carbocycles. The molecule has 0 fully saturated rings. The Bertz CT molecular complexity index is 678. The van der Waals surface area contributed by atoms with Crippen molar-refractivity contribution < 1.29 is 14.3 Å². The van der Waals surface area contributed by atoms with Crippen molar-refractivity contribution in [3.8, 4) is 5.75 Å². The van der Waals surface area contributed by atoms with E-state index in [4.69, 9.17) is 10.5 Å². The van der Waals surface area contributed by atoms with Gasteiger partial charge in [-0.3, -0.25) is 9.59 Å². The number of aryl methyl sites for hydroxylation is 3. The maximum atomic E-state index is 12.0. The fourth-order valence-corrected chi connectivity index (χ4v) is 2.21. The summed E-state index contributed by atoms with van der Waals surface area (Å²) >= 11 is 0. The van der Waals surface area contributed by atoms with Gasteiger partial charge in [-0.25, -0.2) is 0 Å². The second-order valence-electron chi connectivity index (χ2n) is 5.08. The highest BCUT2D eigenvalue weighted by Gasteiger charge is 2.12. The molecule has 2 aromatic rings. The highest BCUT2D eigenvalue weighted by atomic mass is 16.5. The van der Waals surface area contributed by atoms with E-state index >= 15 is 0 Å². The number of amides is 1. The largest absolute Gasteiger partial charge is 0.485 e. The first-order valence-electron chi connectivity index (χ1n) is 6.57. The van der Waals surface area contributed by atoms with Gasteiger partial charge in [-0.05, 0) is 43.2 Å². The number of Topliss-reactive ketones (excluding diaryl/α,β-unsaturated/α-hetero) is 1. The summed E-state index contributed by atoms with van der Waals surface area (Å²) < 4.78 is 7.43. The van der Waals surface area contributed by atoms with Gasteiger partial charge in [-0.15, -0.1) is 0 Å². The fraction of sp³-hybridized carbons (Fsp3) is 0.250. The van der Waals surface area contributed by atoms with E-state index in [0.717, 1.165) is 11.1 Å². The van der Waals surface area contributed by atoms with E-state index in [1.165, 1.54) is 0 Å². The number of benzene rings is 1. The van der Waals surface area contributed by atoms with Gasteiger partial charge in [0.15, 0.2) is 6.61 Å². The molecule has 0 saturated carbocycles. The molecule has 2 N–H and O–H groups in total. The Morgan fingerprint density at radius 2 is 1.81 bits per heavy atom. The summed E-state index contributed by atoms with van der Waals surface area (Å²) in [4.78, 5) is 23.2. The molecule has 1 aromatic carbocycles. The van der Waals surface area contributed by atoms with Gasteiger partial charge < -0.3 is 15.0 Å². The topological polar surface area (TPSA) is 74.3 Å². The fourth-order valence-electron chi connectivity index (χ4n) is 2.21. The van der Waals surface area contributed by atoms with Crippen LogP contribution in [0.2, 0.25) is 0 Å². The second-order valence-corrected chi connectivity index (χ2v) is 5.08. The summed E-state index contributed by atoms with van der Waals surface area (Å²) in [5, 5.41) is 0. The van der Waals surface area contributed by atoms with Crippen molar-refractivity contribution in [3.05, 3.63) is 52.8 Å². The number of ketones is 1. The average Bonchev–Trinajstić information content (AvgIpc) is 2.84. The molecule has 110 valence electrons. The molecule has 1 amide bonds. The minimum absolute atomic E-state index is 0.0401. The van der Waals surface area contributed by atoms with E-state index in [-0.39, 0.29) is 12.4 Å². The average molecular weight is 286 g/mol. The van der Waals surface area contributed by atoms with E-state index in [1.54, 1.807) is 24.4 Å². The van der Waals surface area contributed by atoms with E-state index in [1.807, 2.05) is 31.7 Å². The summed E-state index contributed by atoms with van der Waals surface area (Å²) in [6, 6.07) is 5.08. The third kappa shape index (κ3) is 3.31. The summed E-state index contributed by atoms with van der Waals surface area (Å²) in [5.74, 6) is 0.0470. The quantitative estimate of drug-likeness (QED) is 0.854. The minimum atomic E-state index is -0.479. The zero-order chi connectivity index (χ0) is 15.6. The summed E-state index contributed by atoms with van der Waals surface area (Å²) in [6.07, 6.45) is 3.56. The van der Waals surface area contributed by atoms with E-state index in [9.17, 15) is 9.59 Å². The van der Waals surface area contributed by atoms with Gasteiger partial charge in [0.25, 0.3) is 0 Å². The summed E-state index contributed by atoms with van der Waals surface area (Å²) in [6.45, 7) is 3.60. The number of nitrogens with zero attached hydrogens (tertiary/aromatic N) is 1. The molecular weight excluding hydrogens is 268 g/mol. The Kier molecular flexibility index (Phi) is 4.12. The van der Waals surface area contributed by atoms with Gasteiger partial charge in [0.1, 0.15) is 5.75 Å². The van der Waals surface area contributed by atoms with Crippen molar-refractivity contribution in [2.24, 2.45) is 12.8 Å². The van der Waals surface area contributed by atoms with Crippen molar-refractivity contribution in [1.82, 2.24) is 4.57 Å². The third-order valence-electron chi connectivity index (χ3n) is 3.25. The van der Waals surface area contributed by atoms with Crippen LogP contribution in [0.25, 0.3) is 0 Å². The lowest BCUT2D eigenvalue weighted by atomic mass is 10.1. The van der Waals surface area contributed by atoms with Gasteiger partial charge in [0.05, 0.1) is 0 Å². The molecule has 0 spiro atoms. The van der Waals surface area contributed by atoms with Crippen molar-refractivity contribution in [2.75, 3.05) is 6.61 Å². The molecule has 1 aromatic heterocycles. The number of carbonyl (C=O) groups excluding carboxylic acids is 2. The van der Waals surface area contributed by atoms with Gasteiger partial charge in [-0.2, -0.15) is 0 Å². The van der Waals surface area contributed by atoms with Gasteiger partial charge in [0.2, 0.25) is 11.7 Å². The van der Waals surface area contributed by atoms with Gasteiger partial charge in [-0.1, -0.05) is 0 Å². The molecule has 0 unspecified atom stereocenters. The second kappa shape index (κ2) is 5.83. The molecule has 0 radical (unpaired) electrons. The molecule has 5 heteroatoms. The first kappa shape index (κ1) is 14.8. The SMILES string of the molecule is Cc1cc(C(N)=O)cc(C)c1OCC(=O)c1ccn(C)c1. The van der Waals surface area contributed by atoms with Crippen LogP contribution >= 0.6 is 0 Å². The first-order valence-corrected chi connectivity index (χ1v) is 6.57. The number of hydrogen-bond acceptors (Lipinski definition) is 3. The summed E-state index contributed by atoms with van der Waals surface area (Å²) in [7, 11) is 1.86. The van der Waals surface area contributed by atoms with Crippen molar-refractivity contribution in [1.29, 1.82) is 0 Å². The maximum absolute atomic E-state index is 12.0. The molecular formula is C16H18N2O3. The number of carbonyl (C=O) groups is 2. The van der Waals surface area contributed by atoms with Crippen LogP contribution in [0.15, 0.2) is 30.6 Å². The van der Waals surface area contributed by atoms with Crippen LogP contribution in [0.5, 0.6) is 5.75 Å². The highest BCUT2D eigenvalue weighted by molar-refractivity contribution is 5.97. The van der Waals surface area contributed by atoms with Crippen LogP contribution in [-0.4, -0.2) is 22.9 Å². The molecule has 0 saturated heterocycles. The number of nitrogens with two attached hydrogens (primary N) is 1. The number of hydrogen-bond donors (Lipinski definition) is 1. The molecule has 0 bridgehead atoms. The van der Waals surface area contributed by atoms with Gasteiger partial charge >= 0.3 is 0 Å². The molecule has 0 aliphatic rings. The Labute approximate surface area is 123 Å². The molecule has 1 heterocycles. The predicted molar refractivity (Wildman–Crippen MR) is 79.7 cm³/mol. The van der Waals surface area contributed by atoms with Gasteiger partial charge in [0, 0.05) is 30.6 Å². The van der Waals surface area contributed by atoms with E-state index in [2.05, 4.69) is 0 Å². The lowest BCUT2D eigenvalue weighted by Gasteiger charge is -2.12. The predicted octanol–water partition coefficient (Wildman–Crippen LogP) is 2.00. The van der Waals surface area contributed by atoms with E-state index < -0.39 is 5.91 Å². The normalized spacial score (nSPS) is 10.4. The van der Waals surface area contributed by atoms with E-state index in [0.29, 0.717) is 16.9 Å². The van der Waals surface area contributed by atoms with Crippen molar-refractivity contribution in [3.63, 3.8) is 0 Å². The van der Waals surface area contributed by atoms with Crippen molar-refractivity contribution in [2.45, 2.75) is 13.8 Å². The Morgan fingerprint density at radius 1 is 1.19 bits per heavy atom. The van der Waals surface area contributed by atoms with Crippen LogP contribution in [0.3, 0.4) is 0 Å². The monoisotopic (exact) mass is 286 g/mol. The third-order valence-corrected chi connectivity index (χ3v) is 3.25. The molecule has 0 atom stereocenters. The Balaban J connectivity index is 2.13. The van der Waals surface area contributed by atoms with Crippen LogP contribution in [0.4, 0.5) is 0 Å². The number of ether oxygens (including phenoxy) is 1. The molecule has 5 nitrogen and oxygen atoms in total.